The van der Waals surface area contributed by atoms with Crippen LogP contribution < -0.4 is 0 Å². The van der Waals surface area contributed by atoms with Gasteiger partial charge in [-0.05, 0) is 32.6 Å². The number of carbonyl (C=O) groups is 3. The summed E-state index contributed by atoms with van der Waals surface area (Å²) in [7, 11) is 0. The number of esters is 3. The Morgan fingerprint density at radius 1 is 0.419 bits per heavy atom. The summed E-state index contributed by atoms with van der Waals surface area (Å²) in [5, 5.41) is 0. The van der Waals surface area contributed by atoms with Gasteiger partial charge in [0, 0.05) is 19.3 Å². The number of hydrogen-bond acceptors (Lipinski definition) is 6. The van der Waals surface area contributed by atoms with Crippen molar-refractivity contribution >= 4 is 17.9 Å². The van der Waals surface area contributed by atoms with Crippen LogP contribution in [-0.4, -0.2) is 37.2 Å². The largest absolute Gasteiger partial charge is 0.466 e. The maximum absolute atomic E-state index is 11.7. The van der Waals surface area contributed by atoms with Crippen molar-refractivity contribution in [2.75, 3.05) is 13.2 Å². The first kappa shape index (κ1) is 43.5. The Labute approximate surface area is 267 Å². The zero-order valence-corrected chi connectivity index (χ0v) is 29.3. The third-order valence-electron chi connectivity index (χ3n) is 7.53. The van der Waals surface area contributed by atoms with Gasteiger partial charge >= 0.3 is 17.9 Å². The van der Waals surface area contributed by atoms with Crippen LogP contribution in [0.25, 0.3) is 0 Å². The van der Waals surface area contributed by atoms with E-state index in [0.717, 1.165) is 44.9 Å². The molecule has 256 valence electrons. The summed E-state index contributed by atoms with van der Waals surface area (Å²) in [5.41, 5.74) is 0. The van der Waals surface area contributed by atoms with E-state index in [-0.39, 0.29) is 30.6 Å². The lowest BCUT2D eigenvalue weighted by Crippen LogP contribution is -2.22. The second kappa shape index (κ2) is 36.6. The fraction of sp³-hybridized carbons (Fsp3) is 0.919. The molecule has 0 spiro atoms. The van der Waals surface area contributed by atoms with Gasteiger partial charge in [0.15, 0.2) is 0 Å². The lowest BCUT2D eigenvalue weighted by atomic mass is 10.1. The summed E-state index contributed by atoms with van der Waals surface area (Å²) >= 11 is 0. The smallest absolute Gasteiger partial charge is 0.306 e. The zero-order chi connectivity index (χ0) is 32.2. The summed E-state index contributed by atoms with van der Waals surface area (Å²) in [6.45, 7) is 11.3. The molecule has 0 aliphatic heterocycles. The first-order valence-electron chi connectivity index (χ1n) is 18.4. The molecule has 1 atom stereocenters. The van der Waals surface area contributed by atoms with Crippen LogP contribution in [0.5, 0.6) is 0 Å². The summed E-state index contributed by atoms with van der Waals surface area (Å²) in [6.07, 6.45) is 28.7. The highest BCUT2D eigenvalue weighted by Crippen LogP contribution is 2.12. The highest BCUT2D eigenvalue weighted by molar-refractivity contribution is 5.70. The third kappa shape index (κ3) is 38.4. The predicted octanol–water partition coefficient (Wildman–Crippen LogP) is 11.2. The van der Waals surface area contributed by atoms with Crippen LogP contribution in [0.4, 0.5) is 0 Å². The average Bonchev–Trinajstić information content (AvgIpc) is 2.99. The van der Waals surface area contributed by atoms with Crippen molar-refractivity contribution < 1.29 is 28.6 Å². The van der Waals surface area contributed by atoms with Crippen LogP contribution >= 0.6 is 0 Å². The van der Waals surface area contributed by atoms with Gasteiger partial charge in [-0.25, -0.2) is 0 Å². The lowest BCUT2D eigenvalue weighted by Gasteiger charge is -2.13. The molecule has 0 saturated carbocycles. The molecule has 0 aliphatic carbocycles. The molecule has 6 heteroatoms. The summed E-state index contributed by atoms with van der Waals surface area (Å²) in [5.74, 6) is -0.379. The summed E-state index contributed by atoms with van der Waals surface area (Å²) < 4.78 is 15.6. The van der Waals surface area contributed by atoms with Gasteiger partial charge < -0.3 is 14.2 Å². The minimum absolute atomic E-state index is 0.00797. The van der Waals surface area contributed by atoms with Crippen LogP contribution in [0.15, 0.2) is 0 Å². The van der Waals surface area contributed by atoms with Crippen molar-refractivity contribution in [2.24, 2.45) is 0 Å². The van der Waals surface area contributed by atoms with Gasteiger partial charge in [0.1, 0.15) is 12.7 Å². The van der Waals surface area contributed by atoms with Crippen LogP contribution in [0.3, 0.4) is 0 Å². The average molecular weight is 613 g/mol. The molecule has 0 saturated heterocycles. The molecule has 0 aliphatic rings. The number of hydrogen-bond donors (Lipinski definition) is 0. The molecule has 0 rings (SSSR count). The number of carbonyl (C=O) groups excluding carboxylic acids is 3. The van der Waals surface area contributed by atoms with Crippen molar-refractivity contribution in [1.82, 2.24) is 0 Å². The van der Waals surface area contributed by atoms with Gasteiger partial charge in [-0.1, -0.05) is 150 Å². The van der Waals surface area contributed by atoms with E-state index in [2.05, 4.69) is 27.7 Å². The van der Waals surface area contributed by atoms with Gasteiger partial charge in [0.2, 0.25) is 0 Å². The summed E-state index contributed by atoms with van der Waals surface area (Å²) in [6, 6.07) is 0. The molecular weight excluding hydrogens is 540 g/mol. The minimum atomic E-state index is -0.360. The van der Waals surface area contributed by atoms with E-state index in [4.69, 9.17) is 14.2 Å². The van der Waals surface area contributed by atoms with Crippen molar-refractivity contribution in [2.45, 2.75) is 208 Å². The molecule has 0 aromatic carbocycles. The molecule has 0 fully saturated rings. The summed E-state index contributed by atoms with van der Waals surface area (Å²) in [4.78, 5) is 34.7. The first-order chi connectivity index (χ1) is 20.9. The number of ether oxygens (including phenoxy) is 3. The second-order valence-electron chi connectivity index (χ2n) is 12.2. The topological polar surface area (TPSA) is 78.9 Å². The van der Waals surface area contributed by atoms with E-state index in [9.17, 15) is 14.4 Å². The standard InChI is InChI=1S/C21H40O4.C16H32O2/c1-4-6-8-10-12-14-16-20(22)24-18-19(3)25-21(23)17-15-13-11-9-7-5-2;1-3-5-7-8-9-10-11-12-13-14-16(17)18-15-6-4-2/h19H,4-18H2,1-3H3;3-15H2,1-2H3. The van der Waals surface area contributed by atoms with E-state index in [1.165, 1.54) is 103 Å². The first-order valence-corrected chi connectivity index (χ1v) is 18.4. The van der Waals surface area contributed by atoms with E-state index < -0.39 is 0 Å². The van der Waals surface area contributed by atoms with Crippen LogP contribution in [0.1, 0.15) is 202 Å². The van der Waals surface area contributed by atoms with Crippen molar-refractivity contribution in [3.8, 4) is 0 Å². The van der Waals surface area contributed by atoms with Gasteiger partial charge in [0.25, 0.3) is 0 Å². The SMILES string of the molecule is CCCCCCCCC(=O)OCC(C)OC(=O)CCCCCCCC.CCCCCCCCCCCC(=O)OCCCC. The lowest BCUT2D eigenvalue weighted by molar-refractivity contribution is -0.158. The van der Waals surface area contributed by atoms with Crippen LogP contribution in [0, 0.1) is 0 Å². The van der Waals surface area contributed by atoms with E-state index in [1.54, 1.807) is 6.92 Å². The molecule has 6 nitrogen and oxygen atoms in total. The molecule has 0 N–H and O–H groups in total. The Bertz CT molecular complexity index is 606. The van der Waals surface area contributed by atoms with E-state index in [0.29, 0.717) is 25.9 Å². The maximum Gasteiger partial charge on any atom is 0.306 e. The minimum Gasteiger partial charge on any atom is -0.466 e. The third-order valence-corrected chi connectivity index (χ3v) is 7.53. The predicted molar refractivity (Wildman–Crippen MR) is 180 cm³/mol. The molecule has 0 bridgehead atoms. The Morgan fingerprint density at radius 3 is 1.14 bits per heavy atom. The Kier molecular flexibility index (Phi) is 37.1. The van der Waals surface area contributed by atoms with Crippen molar-refractivity contribution in [3.05, 3.63) is 0 Å². The van der Waals surface area contributed by atoms with Gasteiger partial charge in [-0.15, -0.1) is 0 Å². The van der Waals surface area contributed by atoms with Crippen molar-refractivity contribution in [1.29, 1.82) is 0 Å². The quantitative estimate of drug-likeness (QED) is 0.0456. The monoisotopic (exact) mass is 613 g/mol. The highest BCUT2D eigenvalue weighted by atomic mass is 16.6. The van der Waals surface area contributed by atoms with Gasteiger partial charge in [-0.3, -0.25) is 14.4 Å². The Balaban J connectivity index is 0. The van der Waals surface area contributed by atoms with Gasteiger partial charge in [0.05, 0.1) is 6.61 Å². The number of unbranched alkanes of at least 4 members (excludes halogenated alkanes) is 19. The zero-order valence-electron chi connectivity index (χ0n) is 29.3. The molecular formula is C37H72O6. The van der Waals surface area contributed by atoms with Gasteiger partial charge in [-0.2, -0.15) is 0 Å². The maximum atomic E-state index is 11.7. The molecule has 0 heterocycles. The normalized spacial score (nSPS) is 11.4. The Hall–Kier alpha value is -1.59. The molecule has 0 aromatic heterocycles. The fourth-order valence-electron chi connectivity index (χ4n) is 4.68. The molecule has 0 amide bonds. The fourth-order valence-corrected chi connectivity index (χ4v) is 4.68. The van der Waals surface area contributed by atoms with Crippen LogP contribution in [-0.2, 0) is 28.6 Å². The second-order valence-corrected chi connectivity index (χ2v) is 12.2. The van der Waals surface area contributed by atoms with E-state index >= 15 is 0 Å². The Morgan fingerprint density at radius 2 is 0.744 bits per heavy atom. The highest BCUT2D eigenvalue weighted by Gasteiger charge is 2.12. The molecule has 43 heavy (non-hydrogen) atoms. The van der Waals surface area contributed by atoms with E-state index in [1.807, 2.05) is 0 Å². The molecule has 0 radical (unpaired) electrons. The van der Waals surface area contributed by atoms with Crippen LogP contribution in [0.2, 0.25) is 0 Å². The number of rotatable bonds is 30. The van der Waals surface area contributed by atoms with Crippen molar-refractivity contribution in [3.63, 3.8) is 0 Å². The molecule has 1 unspecified atom stereocenters. The molecule has 0 aromatic rings.